The fourth-order valence-corrected chi connectivity index (χ4v) is 2.26. The van der Waals surface area contributed by atoms with Crippen LogP contribution in [0.3, 0.4) is 0 Å². The lowest BCUT2D eigenvalue weighted by molar-refractivity contribution is 0.0955. The summed E-state index contributed by atoms with van der Waals surface area (Å²) in [5.74, 6) is -0.217. The summed E-state index contributed by atoms with van der Waals surface area (Å²) in [6.45, 7) is 0.522. The van der Waals surface area contributed by atoms with Crippen LogP contribution in [0.25, 0.3) is 0 Å². The van der Waals surface area contributed by atoms with Gasteiger partial charge in [-0.1, -0.05) is 17.7 Å². The Labute approximate surface area is 114 Å². The van der Waals surface area contributed by atoms with Gasteiger partial charge in [-0.3, -0.25) is 4.79 Å². The lowest BCUT2D eigenvalue weighted by atomic mass is 10.1. The maximum Gasteiger partial charge on any atom is 0.253 e. The van der Waals surface area contributed by atoms with Gasteiger partial charge in [-0.25, -0.2) is 4.98 Å². The van der Waals surface area contributed by atoms with Crippen molar-refractivity contribution in [2.45, 2.75) is 6.42 Å². The molecule has 0 aliphatic heterocycles. The van der Waals surface area contributed by atoms with Crippen LogP contribution in [0.1, 0.15) is 16.1 Å². The molecule has 0 fully saturated rings. The first-order chi connectivity index (χ1) is 8.68. The minimum atomic E-state index is -0.217. The molecule has 4 nitrogen and oxygen atoms in total. The Morgan fingerprint density at radius 2 is 2.33 bits per heavy atom. The molecule has 1 aromatic heterocycles. The highest BCUT2D eigenvalue weighted by atomic mass is 35.5. The Morgan fingerprint density at radius 3 is 3.06 bits per heavy atom. The van der Waals surface area contributed by atoms with Gasteiger partial charge in [0.15, 0.2) is 0 Å². The van der Waals surface area contributed by atoms with Gasteiger partial charge in [0, 0.05) is 18.3 Å². The number of halogens is 1. The van der Waals surface area contributed by atoms with Crippen molar-refractivity contribution in [3.63, 3.8) is 0 Å². The average molecular weight is 282 g/mol. The predicted molar refractivity (Wildman–Crippen MR) is 74.0 cm³/mol. The molecule has 0 spiro atoms. The van der Waals surface area contributed by atoms with Gasteiger partial charge in [-0.15, -0.1) is 11.3 Å². The van der Waals surface area contributed by atoms with Gasteiger partial charge >= 0.3 is 0 Å². The van der Waals surface area contributed by atoms with Crippen molar-refractivity contribution in [2.24, 2.45) is 0 Å². The standard InChI is InChI=1S/C12H12ClN3OS/c13-10-3-1-2-9(11(10)14)12(17)15-5-4-8-6-18-7-16-8/h1-3,6-7H,4-5,14H2,(H,15,17). The smallest absolute Gasteiger partial charge is 0.253 e. The number of nitrogens with two attached hydrogens (primary N) is 1. The van der Waals surface area contributed by atoms with Crippen LogP contribution in [0.4, 0.5) is 5.69 Å². The summed E-state index contributed by atoms with van der Waals surface area (Å²) in [5, 5.41) is 5.14. The summed E-state index contributed by atoms with van der Waals surface area (Å²) >= 11 is 7.40. The predicted octanol–water partition coefficient (Wildman–Crippen LogP) is 2.35. The minimum absolute atomic E-state index is 0.217. The van der Waals surface area contributed by atoms with Crippen LogP contribution >= 0.6 is 22.9 Å². The molecule has 0 aliphatic carbocycles. The monoisotopic (exact) mass is 281 g/mol. The van der Waals surface area contributed by atoms with E-state index in [9.17, 15) is 4.79 Å². The van der Waals surface area contributed by atoms with Gasteiger partial charge in [0.2, 0.25) is 0 Å². The molecule has 1 aromatic carbocycles. The number of carbonyl (C=O) groups is 1. The Bertz CT molecular complexity index is 542. The number of hydrogen-bond donors (Lipinski definition) is 2. The van der Waals surface area contributed by atoms with Gasteiger partial charge in [0.25, 0.3) is 5.91 Å². The van der Waals surface area contributed by atoms with Gasteiger partial charge in [0.05, 0.1) is 27.5 Å². The van der Waals surface area contributed by atoms with Crippen molar-refractivity contribution in [3.8, 4) is 0 Å². The van der Waals surface area contributed by atoms with Crippen LogP contribution in [0.5, 0.6) is 0 Å². The van der Waals surface area contributed by atoms with Crippen LogP contribution in [-0.4, -0.2) is 17.4 Å². The molecule has 1 heterocycles. The number of amides is 1. The normalized spacial score (nSPS) is 10.3. The van der Waals surface area contributed by atoms with Crippen molar-refractivity contribution in [2.75, 3.05) is 12.3 Å². The molecule has 0 radical (unpaired) electrons. The molecular formula is C12H12ClN3OS. The van der Waals surface area contributed by atoms with E-state index in [-0.39, 0.29) is 5.91 Å². The number of thiazole rings is 1. The highest BCUT2D eigenvalue weighted by molar-refractivity contribution is 7.07. The molecule has 0 aliphatic rings. The molecule has 2 aromatic rings. The molecule has 2 rings (SSSR count). The van der Waals surface area contributed by atoms with E-state index in [0.717, 1.165) is 5.69 Å². The average Bonchev–Trinajstić information content (AvgIpc) is 2.85. The zero-order valence-electron chi connectivity index (χ0n) is 9.52. The summed E-state index contributed by atoms with van der Waals surface area (Å²) < 4.78 is 0. The second-order valence-corrected chi connectivity index (χ2v) is 4.81. The number of para-hydroxylation sites is 1. The van der Waals surface area contributed by atoms with Crippen LogP contribution in [-0.2, 0) is 6.42 Å². The van der Waals surface area contributed by atoms with E-state index in [2.05, 4.69) is 10.3 Å². The summed E-state index contributed by atoms with van der Waals surface area (Å²) in [4.78, 5) is 16.0. The van der Waals surface area contributed by atoms with E-state index >= 15 is 0 Å². The highest BCUT2D eigenvalue weighted by Gasteiger charge is 2.11. The van der Waals surface area contributed by atoms with E-state index in [4.69, 9.17) is 17.3 Å². The van der Waals surface area contributed by atoms with Crippen LogP contribution in [0.15, 0.2) is 29.1 Å². The fourth-order valence-electron chi connectivity index (χ4n) is 1.50. The molecule has 0 unspecified atom stereocenters. The Morgan fingerprint density at radius 1 is 1.50 bits per heavy atom. The Hall–Kier alpha value is -1.59. The number of anilines is 1. The van der Waals surface area contributed by atoms with Crippen molar-refractivity contribution in [3.05, 3.63) is 45.4 Å². The van der Waals surface area contributed by atoms with Gasteiger partial charge in [-0.05, 0) is 12.1 Å². The SMILES string of the molecule is Nc1c(Cl)cccc1C(=O)NCCc1cscn1. The Balaban J connectivity index is 1.93. The van der Waals surface area contributed by atoms with Gasteiger partial charge in [-0.2, -0.15) is 0 Å². The first-order valence-electron chi connectivity index (χ1n) is 5.37. The molecule has 94 valence electrons. The van der Waals surface area contributed by atoms with Gasteiger partial charge < -0.3 is 11.1 Å². The van der Waals surface area contributed by atoms with Crippen molar-refractivity contribution >= 4 is 34.5 Å². The molecule has 0 saturated heterocycles. The number of nitrogen functional groups attached to an aromatic ring is 1. The molecule has 0 bridgehead atoms. The number of hydrogen-bond acceptors (Lipinski definition) is 4. The lowest BCUT2D eigenvalue weighted by Gasteiger charge is -2.07. The summed E-state index contributed by atoms with van der Waals surface area (Å²) in [5.41, 5.74) is 9.20. The number of nitrogens with zero attached hydrogens (tertiary/aromatic N) is 1. The van der Waals surface area contributed by atoms with E-state index in [0.29, 0.717) is 29.2 Å². The second kappa shape index (κ2) is 5.84. The first-order valence-corrected chi connectivity index (χ1v) is 6.70. The van der Waals surface area contributed by atoms with Crippen LogP contribution in [0, 0.1) is 0 Å². The largest absolute Gasteiger partial charge is 0.397 e. The molecule has 6 heteroatoms. The van der Waals surface area contributed by atoms with Gasteiger partial charge in [0.1, 0.15) is 0 Å². The maximum atomic E-state index is 11.9. The third-order valence-corrected chi connectivity index (χ3v) is 3.41. The molecule has 3 N–H and O–H groups in total. The van der Waals surface area contributed by atoms with E-state index in [1.54, 1.807) is 23.7 Å². The third-order valence-electron chi connectivity index (χ3n) is 2.45. The molecular weight excluding hydrogens is 270 g/mol. The molecule has 18 heavy (non-hydrogen) atoms. The molecule has 0 atom stereocenters. The summed E-state index contributed by atoms with van der Waals surface area (Å²) in [7, 11) is 0. The van der Waals surface area contributed by atoms with Crippen molar-refractivity contribution < 1.29 is 4.79 Å². The second-order valence-electron chi connectivity index (χ2n) is 3.69. The van der Waals surface area contributed by atoms with Crippen LogP contribution in [0.2, 0.25) is 5.02 Å². The number of nitrogens with one attached hydrogen (secondary N) is 1. The topological polar surface area (TPSA) is 68.0 Å². The number of benzene rings is 1. The Kier molecular flexibility index (Phi) is 4.17. The van der Waals surface area contributed by atoms with E-state index < -0.39 is 0 Å². The van der Waals surface area contributed by atoms with Crippen LogP contribution < -0.4 is 11.1 Å². The first kappa shape index (κ1) is 12.9. The van der Waals surface area contributed by atoms with E-state index in [1.807, 2.05) is 5.38 Å². The third kappa shape index (κ3) is 3.00. The quantitative estimate of drug-likeness (QED) is 0.846. The highest BCUT2D eigenvalue weighted by Crippen LogP contribution is 2.22. The fraction of sp³-hybridized carbons (Fsp3) is 0.167. The van der Waals surface area contributed by atoms with E-state index in [1.165, 1.54) is 11.3 Å². The number of rotatable bonds is 4. The van der Waals surface area contributed by atoms with Crippen molar-refractivity contribution in [1.82, 2.24) is 10.3 Å². The number of aromatic nitrogens is 1. The maximum absolute atomic E-state index is 11.9. The zero-order valence-corrected chi connectivity index (χ0v) is 11.1. The summed E-state index contributed by atoms with van der Waals surface area (Å²) in [6, 6.07) is 5.01. The zero-order chi connectivity index (χ0) is 13.0. The number of carbonyl (C=O) groups excluding carboxylic acids is 1. The molecule has 1 amide bonds. The molecule has 0 saturated carbocycles. The summed E-state index contributed by atoms with van der Waals surface area (Å²) in [6.07, 6.45) is 0.704. The van der Waals surface area contributed by atoms with Crippen molar-refractivity contribution in [1.29, 1.82) is 0 Å². The lowest BCUT2D eigenvalue weighted by Crippen LogP contribution is -2.26. The minimum Gasteiger partial charge on any atom is -0.397 e.